The zero-order valence-corrected chi connectivity index (χ0v) is 18.6. The van der Waals surface area contributed by atoms with Crippen LogP contribution in [0.3, 0.4) is 0 Å². The van der Waals surface area contributed by atoms with Gasteiger partial charge in [-0.3, -0.25) is 4.79 Å². The van der Waals surface area contributed by atoms with Crippen molar-refractivity contribution in [3.8, 4) is 0 Å². The fraction of sp³-hybridized carbons (Fsp3) is 0.882. The molecule has 0 saturated carbocycles. The van der Waals surface area contributed by atoms with E-state index in [0.29, 0.717) is 6.42 Å². The highest BCUT2D eigenvalue weighted by Gasteiger charge is 2.28. The molecule has 0 aromatic heterocycles. The third-order valence-corrected chi connectivity index (χ3v) is 9.75. The Morgan fingerprint density at radius 1 is 1.04 bits per heavy atom. The van der Waals surface area contributed by atoms with Gasteiger partial charge in [-0.05, 0) is 64.5 Å². The number of rotatable bonds is 12. The van der Waals surface area contributed by atoms with E-state index >= 15 is 0 Å². The van der Waals surface area contributed by atoms with E-state index in [1.807, 2.05) is 0 Å². The van der Waals surface area contributed by atoms with Crippen molar-refractivity contribution < 1.29 is 13.4 Å². The number of hydrogen-bond acceptors (Lipinski definition) is 2. The number of nitrogens with one attached hydrogen (secondary N) is 1. The van der Waals surface area contributed by atoms with Crippen LogP contribution in [0.5, 0.6) is 0 Å². The van der Waals surface area contributed by atoms with Gasteiger partial charge in [-0.1, -0.05) is 0 Å². The molecule has 1 amide bonds. The van der Waals surface area contributed by atoms with Gasteiger partial charge in [-0.2, -0.15) is 0 Å². The highest BCUT2D eigenvalue weighted by atomic mass is 28.4. The Hall–Kier alpha value is -0.176. The minimum absolute atomic E-state index is 0.193. The first-order valence-electron chi connectivity index (χ1n) is 8.95. The van der Waals surface area contributed by atoms with Crippen LogP contribution in [-0.2, 0) is 8.91 Å². The molecule has 0 spiro atoms. The summed E-state index contributed by atoms with van der Waals surface area (Å²) < 4.78 is 7.07. The number of nitrogens with zero attached hydrogens (tertiary/aromatic N) is 1. The van der Waals surface area contributed by atoms with Gasteiger partial charge in [0.05, 0.1) is 6.54 Å². The van der Waals surface area contributed by atoms with E-state index in [9.17, 15) is 4.79 Å². The second-order valence-corrected chi connectivity index (χ2v) is 18.0. The van der Waals surface area contributed by atoms with Gasteiger partial charge in [0.1, 0.15) is 0 Å². The minimum Gasteiger partial charge on any atom is -0.462 e. The van der Waals surface area contributed by atoms with Gasteiger partial charge < -0.3 is 13.9 Å². The Labute approximate surface area is 146 Å². The van der Waals surface area contributed by atoms with Gasteiger partial charge in [0.25, 0.3) is 0 Å². The van der Waals surface area contributed by atoms with Crippen molar-refractivity contribution in [3.63, 3.8) is 0 Å². The Morgan fingerprint density at radius 2 is 1.65 bits per heavy atom. The summed E-state index contributed by atoms with van der Waals surface area (Å²) in [6, 6.07) is 1.12. The molecular weight excluding hydrogens is 320 g/mol. The van der Waals surface area contributed by atoms with E-state index in [-0.39, 0.29) is 5.91 Å². The number of unbranched alkanes of at least 4 members (excludes halogenated alkanes) is 2. The van der Waals surface area contributed by atoms with E-state index in [1.165, 1.54) is 0 Å². The molecule has 0 fully saturated rings. The molecule has 0 rings (SSSR count). The molecule has 4 nitrogen and oxygen atoms in total. The normalized spacial score (nSPS) is 13.2. The summed E-state index contributed by atoms with van der Waals surface area (Å²) in [5.74, 6) is 0.193. The highest BCUT2D eigenvalue weighted by Crippen LogP contribution is 2.19. The largest absolute Gasteiger partial charge is 0.462 e. The quantitative estimate of drug-likeness (QED) is 0.247. The Bertz CT molecular complexity index is 347. The molecule has 0 aliphatic heterocycles. The van der Waals surface area contributed by atoms with Gasteiger partial charge in [-0.25, -0.2) is 0 Å². The van der Waals surface area contributed by atoms with Gasteiger partial charge in [0.15, 0.2) is 16.6 Å². The number of amides is 1. The van der Waals surface area contributed by atoms with Crippen molar-refractivity contribution in [2.45, 2.75) is 70.9 Å². The zero-order chi connectivity index (χ0) is 18.1. The van der Waals surface area contributed by atoms with Crippen LogP contribution in [0.4, 0.5) is 0 Å². The van der Waals surface area contributed by atoms with Gasteiger partial charge in [0.2, 0.25) is 5.91 Å². The van der Waals surface area contributed by atoms with Crippen LogP contribution in [0.1, 0.15) is 32.1 Å². The van der Waals surface area contributed by atoms with E-state index < -0.39 is 16.6 Å². The predicted octanol–water partition coefficient (Wildman–Crippen LogP) is 3.98. The van der Waals surface area contributed by atoms with Crippen molar-refractivity contribution in [1.29, 1.82) is 0 Å². The number of quaternary nitrogens is 1. The van der Waals surface area contributed by atoms with E-state index in [4.69, 9.17) is 4.12 Å². The average molecular weight is 361 g/mol. The van der Waals surface area contributed by atoms with Crippen LogP contribution in [0.15, 0.2) is 0 Å². The lowest BCUT2D eigenvalue weighted by atomic mass is 10.2. The molecule has 0 heterocycles. The summed E-state index contributed by atoms with van der Waals surface area (Å²) in [4.78, 5) is 11.8. The third kappa shape index (κ3) is 16.5. The standard InChI is InChI=1S/C17H40N2O2Si2/c1-19(2,3)15-11-9-10-13-17(20)18-14-12-16-23(7,8)21-22(4,5)6/h1,9-16H2,2-8H3,(H,18,20). The van der Waals surface area contributed by atoms with Crippen molar-refractivity contribution in [2.75, 3.05) is 27.2 Å². The first-order chi connectivity index (χ1) is 10.3. The summed E-state index contributed by atoms with van der Waals surface area (Å²) in [5, 5.41) is 3.05. The molecule has 0 radical (unpaired) electrons. The Morgan fingerprint density at radius 3 is 2.17 bits per heavy atom. The van der Waals surface area contributed by atoms with Crippen molar-refractivity contribution in [3.05, 3.63) is 7.05 Å². The van der Waals surface area contributed by atoms with Gasteiger partial charge in [0, 0.05) is 27.1 Å². The van der Waals surface area contributed by atoms with Crippen LogP contribution >= 0.6 is 0 Å². The molecule has 0 atom stereocenters. The Balaban J connectivity index is 3.68. The number of carbonyl (C=O) groups is 1. The molecule has 0 aliphatic carbocycles. The van der Waals surface area contributed by atoms with Crippen molar-refractivity contribution in [2.24, 2.45) is 0 Å². The second-order valence-electron chi connectivity index (χ2n) is 8.90. The maximum Gasteiger partial charge on any atom is 0.219 e. The Kier molecular flexibility index (Phi) is 9.88. The molecule has 0 unspecified atom stereocenters. The van der Waals surface area contributed by atoms with E-state index in [2.05, 4.69) is 59.2 Å². The second kappa shape index (κ2) is 9.96. The molecule has 0 saturated heterocycles. The molecule has 6 heteroatoms. The molecule has 0 bridgehead atoms. The highest BCUT2D eigenvalue weighted by molar-refractivity contribution is 6.84. The summed E-state index contributed by atoms with van der Waals surface area (Å²) in [6.07, 6.45) is 4.90. The number of carbonyl (C=O) groups excluding carboxylic acids is 1. The predicted molar refractivity (Wildman–Crippen MR) is 105 cm³/mol. The summed E-state index contributed by atoms with van der Waals surface area (Å²) in [7, 11) is 5.24. The van der Waals surface area contributed by atoms with Crippen molar-refractivity contribution in [1.82, 2.24) is 5.32 Å². The van der Waals surface area contributed by atoms with Crippen molar-refractivity contribution >= 4 is 22.5 Å². The third-order valence-electron chi connectivity index (χ3n) is 3.53. The van der Waals surface area contributed by atoms with E-state index in [0.717, 1.165) is 49.3 Å². The topological polar surface area (TPSA) is 38.3 Å². The van der Waals surface area contributed by atoms with Crippen LogP contribution < -0.4 is 5.32 Å². The van der Waals surface area contributed by atoms with Crippen LogP contribution in [0.2, 0.25) is 38.8 Å². The fourth-order valence-electron chi connectivity index (χ4n) is 2.71. The molecule has 138 valence electrons. The maximum absolute atomic E-state index is 11.8. The lowest BCUT2D eigenvalue weighted by Crippen LogP contribution is -2.42. The summed E-state index contributed by atoms with van der Waals surface area (Å²) >= 11 is 0. The van der Waals surface area contributed by atoms with E-state index in [1.54, 1.807) is 0 Å². The lowest BCUT2D eigenvalue weighted by molar-refractivity contribution is -0.845. The molecule has 0 aliphatic rings. The SMILES string of the molecule is [CH2-][N+](C)(C)CCCCCC(=O)NCCC[Si](C)(C)O[Si](C)(C)C. The molecule has 1 N–H and O–H groups in total. The van der Waals surface area contributed by atoms with Crippen LogP contribution in [-0.4, -0.2) is 54.2 Å². The zero-order valence-electron chi connectivity index (χ0n) is 16.6. The van der Waals surface area contributed by atoms with Gasteiger partial charge in [-0.15, -0.1) is 7.05 Å². The summed E-state index contributed by atoms with van der Waals surface area (Å²) in [6.45, 7) is 13.2. The maximum atomic E-state index is 11.8. The van der Waals surface area contributed by atoms with Crippen LogP contribution in [0, 0.1) is 7.05 Å². The minimum atomic E-state index is -1.56. The fourth-order valence-corrected chi connectivity index (χ4v) is 10.8. The molecule has 23 heavy (non-hydrogen) atoms. The van der Waals surface area contributed by atoms with Gasteiger partial charge >= 0.3 is 0 Å². The monoisotopic (exact) mass is 360 g/mol. The lowest BCUT2D eigenvalue weighted by Gasteiger charge is -2.32. The van der Waals surface area contributed by atoms with Crippen LogP contribution in [0.25, 0.3) is 0 Å². The molecule has 0 aromatic rings. The first-order valence-corrected chi connectivity index (χ1v) is 15.5. The first kappa shape index (κ1) is 22.8. The molecule has 0 aromatic carbocycles. The smallest absolute Gasteiger partial charge is 0.219 e. The summed E-state index contributed by atoms with van der Waals surface area (Å²) in [5.41, 5.74) is 0. The average Bonchev–Trinajstić information content (AvgIpc) is 2.30. The number of hydrogen-bond donors (Lipinski definition) is 1. The molecular formula is C17H40N2O2Si2.